The summed E-state index contributed by atoms with van der Waals surface area (Å²) in [4.78, 5) is 52.2. The quantitative estimate of drug-likeness (QED) is 0.141. The van der Waals surface area contributed by atoms with E-state index in [9.17, 15) is 29.4 Å². The summed E-state index contributed by atoms with van der Waals surface area (Å²) in [6, 6.07) is 29.5. The Labute approximate surface area is 316 Å². The van der Waals surface area contributed by atoms with Gasteiger partial charge in [-0.1, -0.05) is 112 Å². The molecular formula is C43H46N2O9-2. The van der Waals surface area contributed by atoms with Gasteiger partial charge in [-0.2, -0.15) is 0 Å². The minimum absolute atomic E-state index is 0. The number of carboxylic acid groups (broad SMARTS) is 1. The zero-order valence-electron chi connectivity index (χ0n) is 29.0. The maximum absolute atomic E-state index is 12.1. The van der Waals surface area contributed by atoms with E-state index in [2.05, 4.69) is 22.1 Å². The lowest BCUT2D eigenvalue weighted by molar-refractivity contribution is -0.252. The molecule has 1 N–H and O–H groups in total. The fraction of sp³-hybridized carbons (Fsp3) is 0.302. The molecule has 0 heterocycles. The third kappa shape index (κ3) is 10.1. The number of carbonyl (C=O) groups excluding carboxylic acids is 3. The summed E-state index contributed by atoms with van der Waals surface area (Å²) < 4.78 is 10.6. The Bertz CT molecular complexity index is 1800. The van der Waals surface area contributed by atoms with Crippen molar-refractivity contribution < 1.29 is 44.0 Å². The maximum atomic E-state index is 12.1. The molecular weight excluding hydrogens is 688 g/mol. The topological polar surface area (TPSA) is 178 Å². The number of nitrogens with zero attached hydrogens (tertiary/aromatic N) is 2. The van der Waals surface area contributed by atoms with Crippen molar-refractivity contribution in [3.05, 3.63) is 119 Å². The third-order valence-corrected chi connectivity index (χ3v) is 8.91. The molecule has 4 aromatic rings. The highest BCUT2D eigenvalue weighted by Crippen LogP contribution is 2.45. The Balaban J connectivity index is 0.000000280. The molecule has 0 fully saturated rings. The molecule has 0 radical (unpaired) electrons. The van der Waals surface area contributed by atoms with Crippen molar-refractivity contribution >= 4 is 35.5 Å². The molecule has 0 bridgehead atoms. The molecule has 0 saturated carbocycles. The number of aliphatic carboxylic acids is 1. The van der Waals surface area contributed by atoms with Crippen LogP contribution < -0.4 is 10.2 Å². The largest absolute Gasteiger partial charge is 0.599 e. The number of carboxylic acids is 1. The van der Waals surface area contributed by atoms with Crippen LogP contribution in [0.25, 0.3) is 22.3 Å². The average molecular weight is 735 g/mol. The van der Waals surface area contributed by atoms with Crippen molar-refractivity contribution in [2.24, 2.45) is 9.98 Å². The highest BCUT2D eigenvalue weighted by atomic mass is 16.6. The predicted octanol–water partition coefficient (Wildman–Crippen LogP) is 5.70. The number of fused-ring (bicyclic) bond motifs is 6. The standard InChI is InChI=1S/C21H21NO4.C20H19NO5.2CH4/c1-13(23)11-20(14(2)24)22-21(25)26-12-19-17-9-5-3-7-15(17)16-8-4-6-10-18(16)19;1-12(22)10-18(19(23)24)21-20(25)26-11-17-15-8-4-2-6-13(15)14-7-3-5-9-16(14)17;;/h3-10,19-20H,11-12H2,1-2H3,(H,22,25);2-9,17-18H,10-11H2,1H3,(H,21,25)(H,23,24);2*1H4/p-2. The monoisotopic (exact) mass is 734 g/mol. The molecule has 2 unspecified atom stereocenters. The molecule has 2 aliphatic carbocycles. The minimum atomic E-state index is -1.41. The lowest BCUT2D eigenvalue weighted by Crippen LogP contribution is -2.30. The molecule has 6 rings (SSSR count). The molecule has 2 atom stereocenters. The maximum Gasteiger partial charge on any atom is 0.328 e. The first-order valence-electron chi connectivity index (χ1n) is 16.8. The molecule has 2 aliphatic rings. The summed E-state index contributed by atoms with van der Waals surface area (Å²) in [5.41, 5.74) is 8.79. The Morgan fingerprint density at radius 3 is 1.17 bits per heavy atom. The van der Waals surface area contributed by atoms with Crippen LogP contribution in [0, 0.1) is 0 Å². The SMILES string of the molecule is C.C.CC(=O)CC(N=C([O-])OCC1c2ccccc2-c2ccccc21)C(=O)O.CC(=O)CC(N=C([O-])OCC1c2ccccc2-c2ccccc21)C(C)=O. The van der Waals surface area contributed by atoms with Gasteiger partial charge in [-0.05, 0) is 65.3 Å². The number of ether oxygens (including phenoxy) is 2. The van der Waals surface area contributed by atoms with Crippen LogP contribution in [0.4, 0.5) is 0 Å². The fourth-order valence-electron chi connectivity index (χ4n) is 6.53. The smallest absolute Gasteiger partial charge is 0.328 e. The van der Waals surface area contributed by atoms with E-state index in [1.54, 1.807) is 0 Å². The van der Waals surface area contributed by atoms with Gasteiger partial charge < -0.3 is 24.8 Å². The van der Waals surface area contributed by atoms with Crippen LogP contribution in [-0.4, -0.2) is 65.9 Å². The van der Waals surface area contributed by atoms with Crippen molar-refractivity contribution in [1.82, 2.24) is 0 Å². The summed E-state index contributed by atoms with van der Waals surface area (Å²) in [7, 11) is 0. The van der Waals surface area contributed by atoms with Crippen LogP contribution >= 0.6 is 0 Å². The Morgan fingerprint density at radius 1 is 0.574 bits per heavy atom. The minimum Gasteiger partial charge on any atom is -0.599 e. The first kappa shape index (κ1) is 42.3. The second kappa shape index (κ2) is 19.1. The van der Waals surface area contributed by atoms with Crippen molar-refractivity contribution in [1.29, 1.82) is 0 Å². The summed E-state index contributed by atoms with van der Waals surface area (Å²) in [6.45, 7) is 4.13. The third-order valence-electron chi connectivity index (χ3n) is 8.91. The number of hydrogen-bond donors (Lipinski definition) is 1. The molecule has 0 aliphatic heterocycles. The van der Waals surface area contributed by atoms with E-state index in [1.165, 1.54) is 20.8 Å². The summed E-state index contributed by atoms with van der Waals surface area (Å²) in [6.07, 6.45) is -2.20. The second-order valence-electron chi connectivity index (χ2n) is 12.7. The lowest BCUT2D eigenvalue weighted by atomic mass is 9.98. The Morgan fingerprint density at radius 2 is 0.870 bits per heavy atom. The zero-order chi connectivity index (χ0) is 37.4. The summed E-state index contributed by atoms with van der Waals surface area (Å²) in [5.74, 6) is -2.39. The van der Waals surface area contributed by atoms with Gasteiger partial charge in [0.2, 0.25) is 0 Å². The van der Waals surface area contributed by atoms with Gasteiger partial charge in [0.1, 0.15) is 29.8 Å². The summed E-state index contributed by atoms with van der Waals surface area (Å²) >= 11 is 0. The zero-order valence-corrected chi connectivity index (χ0v) is 29.0. The van der Waals surface area contributed by atoms with Gasteiger partial charge in [-0.3, -0.25) is 24.4 Å². The van der Waals surface area contributed by atoms with E-state index in [1.807, 2.05) is 84.9 Å². The molecule has 54 heavy (non-hydrogen) atoms. The van der Waals surface area contributed by atoms with Crippen molar-refractivity contribution in [2.75, 3.05) is 13.2 Å². The highest BCUT2D eigenvalue weighted by Gasteiger charge is 2.28. The number of aliphatic imine (C=N–C) groups is 2. The van der Waals surface area contributed by atoms with Crippen LogP contribution in [0.1, 0.15) is 82.6 Å². The number of carbonyl (C=O) groups is 4. The molecule has 11 nitrogen and oxygen atoms in total. The van der Waals surface area contributed by atoms with E-state index in [4.69, 9.17) is 14.6 Å². The number of Topliss-reactive ketones (excluding diaryl/α,β-unsaturated/α-hetero) is 3. The van der Waals surface area contributed by atoms with Crippen molar-refractivity contribution in [3.8, 4) is 22.3 Å². The molecule has 0 amide bonds. The number of benzene rings is 4. The van der Waals surface area contributed by atoms with Gasteiger partial charge in [0.25, 0.3) is 0 Å². The number of rotatable bonds is 12. The van der Waals surface area contributed by atoms with E-state index in [-0.39, 0.29) is 70.1 Å². The highest BCUT2D eigenvalue weighted by molar-refractivity contribution is 5.89. The van der Waals surface area contributed by atoms with Crippen LogP contribution in [0.3, 0.4) is 0 Å². The number of ketones is 3. The lowest BCUT2D eigenvalue weighted by Gasteiger charge is -2.22. The van der Waals surface area contributed by atoms with Crippen molar-refractivity contribution in [3.63, 3.8) is 0 Å². The number of hydrogen-bond acceptors (Lipinski definition) is 10. The first-order valence-corrected chi connectivity index (χ1v) is 16.8. The Kier molecular flexibility index (Phi) is 15.0. The van der Waals surface area contributed by atoms with Gasteiger partial charge in [0.05, 0.1) is 0 Å². The normalized spacial score (nSPS) is 13.9. The van der Waals surface area contributed by atoms with E-state index < -0.39 is 30.2 Å². The van der Waals surface area contributed by atoms with Crippen molar-refractivity contribution in [2.45, 2.75) is 72.4 Å². The van der Waals surface area contributed by atoms with Gasteiger partial charge >= 0.3 is 5.97 Å². The average Bonchev–Trinajstić information content (AvgIpc) is 3.61. The summed E-state index contributed by atoms with van der Waals surface area (Å²) in [5, 5.41) is 33.1. The molecule has 11 heteroatoms. The van der Waals surface area contributed by atoms with E-state index in [0.717, 1.165) is 44.5 Å². The molecule has 4 aromatic carbocycles. The fourth-order valence-corrected chi connectivity index (χ4v) is 6.53. The van der Waals surface area contributed by atoms with Crippen LogP contribution in [0.15, 0.2) is 107 Å². The van der Waals surface area contributed by atoms with Crippen LogP contribution in [-0.2, 0) is 28.7 Å². The van der Waals surface area contributed by atoms with Gasteiger partial charge in [-0.15, -0.1) is 0 Å². The Hall–Kier alpha value is -6.10. The van der Waals surface area contributed by atoms with Gasteiger partial charge in [0, 0.05) is 37.9 Å². The molecule has 284 valence electrons. The molecule has 0 spiro atoms. The molecule has 0 aromatic heterocycles. The van der Waals surface area contributed by atoms with Gasteiger partial charge in [0.15, 0.2) is 11.8 Å². The van der Waals surface area contributed by atoms with E-state index in [0.29, 0.717) is 0 Å². The second-order valence-corrected chi connectivity index (χ2v) is 12.7. The molecule has 0 saturated heterocycles. The first-order chi connectivity index (χ1) is 24.9. The predicted molar refractivity (Wildman–Crippen MR) is 204 cm³/mol. The van der Waals surface area contributed by atoms with Crippen LogP contribution in [0.2, 0.25) is 0 Å². The van der Waals surface area contributed by atoms with E-state index >= 15 is 0 Å². The van der Waals surface area contributed by atoms with Crippen LogP contribution in [0.5, 0.6) is 0 Å². The van der Waals surface area contributed by atoms with Gasteiger partial charge in [-0.25, -0.2) is 4.79 Å².